The van der Waals surface area contributed by atoms with Gasteiger partial charge < -0.3 is 0 Å². The van der Waals surface area contributed by atoms with Crippen LogP contribution in [0.1, 0.15) is 26.2 Å². The molecule has 1 rings (SSSR count). The van der Waals surface area contributed by atoms with Crippen LogP contribution in [-0.4, -0.2) is 14.8 Å². The lowest BCUT2D eigenvalue weighted by atomic mass is 10.1. The summed E-state index contributed by atoms with van der Waals surface area (Å²) in [5.74, 6) is 0.709. The van der Waals surface area contributed by atoms with Gasteiger partial charge in [-0.1, -0.05) is 6.92 Å². The van der Waals surface area contributed by atoms with E-state index in [1.807, 2.05) is 0 Å². The predicted molar refractivity (Wildman–Crippen MR) is 40.7 cm³/mol. The molecule has 4 heteroatoms. The number of hydrogen-bond donors (Lipinski definition) is 2. The van der Waals surface area contributed by atoms with E-state index < -0.39 is 11.3 Å². The third-order valence-corrected chi connectivity index (χ3v) is 2.50. The first-order chi connectivity index (χ1) is 4.68. The van der Waals surface area contributed by atoms with E-state index in [2.05, 4.69) is 11.6 Å². The smallest absolute Gasteiger partial charge is 0.231 e. The molecule has 10 heavy (non-hydrogen) atoms. The van der Waals surface area contributed by atoms with Crippen LogP contribution >= 0.6 is 0 Å². The first-order valence-corrected chi connectivity index (χ1v) is 4.66. The van der Waals surface area contributed by atoms with Crippen molar-refractivity contribution >= 4 is 11.3 Å². The highest BCUT2D eigenvalue weighted by Gasteiger charge is 2.21. The van der Waals surface area contributed by atoms with Gasteiger partial charge in [0.05, 0.1) is 0 Å². The summed E-state index contributed by atoms with van der Waals surface area (Å²) in [4.78, 5) is 0. The molecule has 2 N–H and O–H groups in total. The van der Waals surface area contributed by atoms with Crippen LogP contribution in [0, 0.1) is 5.92 Å². The van der Waals surface area contributed by atoms with E-state index in [4.69, 9.17) is 4.55 Å². The maximum Gasteiger partial charge on any atom is 0.231 e. The SMILES string of the molecule is C[C@@H]1CC[C@H](NS(=O)O)C1. The van der Waals surface area contributed by atoms with Crippen LogP contribution < -0.4 is 4.72 Å². The zero-order valence-electron chi connectivity index (χ0n) is 6.04. The van der Waals surface area contributed by atoms with Gasteiger partial charge in [-0.2, -0.15) is 0 Å². The van der Waals surface area contributed by atoms with Gasteiger partial charge in [0.2, 0.25) is 11.3 Å². The molecule has 3 nitrogen and oxygen atoms in total. The molecule has 0 aromatic heterocycles. The maximum absolute atomic E-state index is 10.3. The standard InChI is InChI=1S/C6H13NO2S/c1-5-2-3-6(4-5)7-10(8)9/h5-7H,2-4H2,1H3,(H,8,9)/t5-,6+/m1/s1. The van der Waals surface area contributed by atoms with Gasteiger partial charge >= 0.3 is 0 Å². The fourth-order valence-corrected chi connectivity index (χ4v) is 1.96. The lowest BCUT2D eigenvalue weighted by molar-refractivity contribution is 0.516. The molecule has 0 radical (unpaired) electrons. The van der Waals surface area contributed by atoms with E-state index in [1.54, 1.807) is 0 Å². The zero-order chi connectivity index (χ0) is 7.56. The Labute approximate surface area is 63.6 Å². The van der Waals surface area contributed by atoms with Gasteiger partial charge in [0.25, 0.3) is 0 Å². The third kappa shape index (κ3) is 2.36. The van der Waals surface area contributed by atoms with Crippen molar-refractivity contribution in [1.29, 1.82) is 0 Å². The number of nitrogens with one attached hydrogen (secondary N) is 1. The Morgan fingerprint density at radius 2 is 2.30 bits per heavy atom. The second-order valence-electron chi connectivity index (χ2n) is 2.98. The minimum absolute atomic E-state index is 0.265. The monoisotopic (exact) mass is 163 g/mol. The highest BCUT2D eigenvalue weighted by Crippen LogP contribution is 2.24. The van der Waals surface area contributed by atoms with Crippen LogP contribution in [0.5, 0.6) is 0 Å². The topological polar surface area (TPSA) is 49.3 Å². The van der Waals surface area contributed by atoms with E-state index in [9.17, 15) is 4.21 Å². The quantitative estimate of drug-likeness (QED) is 0.594. The van der Waals surface area contributed by atoms with Crippen molar-refractivity contribution in [3.63, 3.8) is 0 Å². The Hall–Kier alpha value is 0.0700. The molecule has 0 heterocycles. The molecule has 0 bridgehead atoms. The van der Waals surface area contributed by atoms with E-state index in [1.165, 1.54) is 6.42 Å². The Balaban J connectivity index is 2.24. The predicted octanol–water partition coefficient (Wildman–Crippen LogP) is 0.901. The summed E-state index contributed by atoms with van der Waals surface area (Å²) >= 11 is -1.82. The average Bonchev–Trinajstić information content (AvgIpc) is 2.13. The summed E-state index contributed by atoms with van der Waals surface area (Å²) < 4.78 is 21.3. The molecule has 0 aromatic rings. The second kappa shape index (κ2) is 3.46. The summed E-state index contributed by atoms with van der Waals surface area (Å²) in [6.45, 7) is 2.17. The van der Waals surface area contributed by atoms with Crippen molar-refractivity contribution in [1.82, 2.24) is 4.72 Å². The molecule has 60 valence electrons. The molecule has 1 fully saturated rings. The normalized spacial score (nSPS) is 36.2. The molecule has 1 unspecified atom stereocenters. The summed E-state index contributed by atoms with van der Waals surface area (Å²) in [5.41, 5.74) is 0. The van der Waals surface area contributed by atoms with Crippen molar-refractivity contribution in [3.05, 3.63) is 0 Å². The highest BCUT2D eigenvalue weighted by molar-refractivity contribution is 7.77. The first-order valence-electron chi connectivity index (χ1n) is 3.55. The van der Waals surface area contributed by atoms with Crippen molar-refractivity contribution < 1.29 is 8.76 Å². The molecule has 0 aliphatic heterocycles. The molecule has 0 spiro atoms. The van der Waals surface area contributed by atoms with Crippen LogP contribution in [0.25, 0.3) is 0 Å². The van der Waals surface area contributed by atoms with E-state index in [0.29, 0.717) is 5.92 Å². The Morgan fingerprint density at radius 3 is 2.70 bits per heavy atom. The summed E-state index contributed by atoms with van der Waals surface area (Å²) in [7, 11) is 0. The van der Waals surface area contributed by atoms with Crippen LogP contribution in [0.4, 0.5) is 0 Å². The first kappa shape index (κ1) is 8.17. The van der Waals surface area contributed by atoms with Crippen LogP contribution in [0.15, 0.2) is 0 Å². The van der Waals surface area contributed by atoms with Gasteiger partial charge in [0, 0.05) is 6.04 Å². The largest absolute Gasteiger partial charge is 0.294 e. The molecular weight excluding hydrogens is 150 g/mol. The molecule has 0 aromatic carbocycles. The van der Waals surface area contributed by atoms with E-state index >= 15 is 0 Å². The molecule has 0 saturated heterocycles. The third-order valence-electron chi connectivity index (χ3n) is 1.96. The van der Waals surface area contributed by atoms with Crippen molar-refractivity contribution in [2.24, 2.45) is 5.92 Å². The molecule has 1 aliphatic carbocycles. The second-order valence-corrected chi connectivity index (χ2v) is 3.72. The van der Waals surface area contributed by atoms with Gasteiger partial charge in [-0.05, 0) is 25.2 Å². The van der Waals surface area contributed by atoms with Gasteiger partial charge in [-0.3, -0.25) is 4.55 Å². The van der Waals surface area contributed by atoms with Crippen LogP contribution in [0.2, 0.25) is 0 Å². The van der Waals surface area contributed by atoms with Crippen molar-refractivity contribution in [3.8, 4) is 0 Å². The maximum atomic E-state index is 10.3. The molecule has 1 saturated carbocycles. The van der Waals surface area contributed by atoms with Crippen LogP contribution in [-0.2, 0) is 11.3 Å². The van der Waals surface area contributed by atoms with Gasteiger partial charge in [0.1, 0.15) is 0 Å². The van der Waals surface area contributed by atoms with Gasteiger partial charge in [-0.15, -0.1) is 0 Å². The number of hydrogen-bond acceptors (Lipinski definition) is 1. The van der Waals surface area contributed by atoms with E-state index in [-0.39, 0.29) is 6.04 Å². The highest BCUT2D eigenvalue weighted by atomic mass is 32.2. The lowest BCUT2D eigenvalue weighted by Gasteiger charge is -2.06. The Kier molecular flexibility index (Phi) is 2.82. The van der Waals surface area contributed by atoms with Crippen molar-refractivity contribution in [2.45, 2.75) is 32.2 Å². The van der Waals surface area contributed by atoms with Gasteiger partial charge in [-0.25, -0.2) is 8.93 Å². The molecule has 0 amide bonds. The fraction of sp³-hybridized carbons (Fsp3) is 1.00. The van der Waals surface area contributed by atoms with E-state index in [0.717, 1.165) is 12.8 Å². The summed E-state index contributed by atoms with van der Waals surface area (Å²) in [6, 6.07) is 0.265. The van der Waals surface area contributed by atoms with Crippen molar-refractivity contribution in [2.75, 3.05) is 0 Å². The fourth-order valence-electron chi connectivity index (χ4n) is 1.46. The number of rotatable bonds is 2. The zero-order valence-corrected chi connectivity index (χ0v) is 6.86. The summed E-state index contributed by atoms with van der Waals surface area (Å²) in [6.07, 6.45) is 3.24. The Morgan fingerprint density at radius 1 is 1.60 bits per heavy atom. The minimum Gasteiger partial charge on any atom is -0.294 e. The average molecular weight is 163 g/mol. The van der Waals surface area contributed by atoms with Gasteiger partial charge in [0.15, 0.2) is 0 Å². The molecular formula is C6H13NO2S. The molecule has 1 aliphatic rings. The lowest BCUT2D eigenvalue weighted by Crippen LogP contribution is -2.27. The summed E-state index contributed by atoms with van der Waals surface area (Å²) in [5, 5.41) is 0. The molecule has 3 atom stereocenters. The Bertz CT molecular complexity index is 140. The minimum atomic E-state index is -1.82. The van der Waals surface area contributed by atoms with Crippen LogP contribution in [0.3, 0.4) is 0 Å².